The molecule has 0 fully saturated rings. The number of benzene rings is 3. The van der Waals surface area contributed by atoms with Gasteiger partial charge in [-0.15, -0.1) is 11.8 Å². The molecule has 2 N–H and O–H groups in total. The Balaban J connectivity index is 1.81. The van der Waals surface area contributed by atoms with Gasteiger partial charge in [-0.2, -0.15) is 0 Å². The minimum Gasteiger partial charge on any atom is -0.495 e. The summed E-state index contributed by atoms with van der Waals surface area (Å²) in [6, 6.07) is 22.1. The second-order valence-corrected chi connectivity index (χ2v) is 8.04. The zero-order valence-corrected chi connectivity index (χ0v) is 18.1. The van der Waals surface area contributed by atoms with Crippen LogP contribution in [0.5, 0.6) is 5.75 Å². The van der Waals surface area contributed by atoms with Gasteiger partial charge in [-0.05, 0) is 48.0 Å². The van der Waals surface area contributed by atoms with Crippen molar-refractivity contribution in [2.45, 2.75) is 17.1 Å². The van der Waals surface area contributed by atoms with Crippen LogP contribution in [0.2, 0.25) is 5.02 Å². The number of halogens is 1. The predicted octanol–water partition coefficient (Wildman–Crippen LogP) is 5.78. The Morgan fingerprint density at radius 3 is 2.20 bits per heavy atom. The van der Waals surface area contributed by atoms with Crippen LogP contribution in [0.25, 0.3) is 0 Å². The number of hydrogen-bond donors (Lipinski definition) is 2. The van der Waals surface area contributed by atoms with Gasteiger partial charge in [0.2, 0.25) is 11.8 Å². The van der Waals surface area contributed by atoms with Crippen molar-refractivity contribution in [1.29, 1.82) is 0 Å². The van der Waals surface area contributed by atoms with E-state index in [-0.39, 0.29) is 11.8 Å². The highest BCUT2D eigenvalue weighted by Gasteiger charge is 2.22. The second kappa shape index (κ2) is 10.2. The van der Waals surface area contributed by atoms with Gasteiger partial charge < -0.3 is 15.4 Å². The normalized spacial score (nSPS) is 11.4. The third-order valence-electron chi connectivity index (χ3n) is 4.19. The van der Waals surface area contributed by atoms with E-state index in [1.54, 1.807) is 25.3 Å². The molecule has 3 aromatic carbocycles. The third-order valence-corrected chi connectivity index (χ3v) is 5.75. The van der Waals surface area contributed by atoms with Gasteiger partial charge in [0, 0.05) is 23.2 Å². The van der Waals surface area contributed by atoms with Gasteiger partial charge in [0.15, 0.2) is 0 Å². The number of thioether (sulfide) groups is 1. The molecule has 0 saturated heterocycles. The number of hydrogen-bond acceptors (Lipinski definition) is 4. The van der Waals surface area contributed by atoms with Gasteiger partial charge >= 0.3 is 0 Å². The lowest BCUT2D eigenvalue weighted by Crippen LogP contribution is -2.19. The molecule has 5 nitrogen and oxygen atoms in total. The summed E-state index contributed by atoms with van der Waals surface area (Å²) in [6.07, 6.45) is 0. The lowest BCUT2D eigenvalue weighted by molar-refractivity contribution is -0.116. The first-order valence-electron chi connectivity index (χ1n) is 9.20. The van der Waals surface area contributed by atoms with E-state index in [1.807, 2.05) is 54.6 Å². The Morgan fingerprint density at radius 1 is 0.933 bits per heavy atom. The van der Waals surface area contributed by atoms with Gasteiger partial charge in [-0.3, -0.25) is 9.59 Å². The van der Waals surface area contributed by atoms with E-state index in [4.69, 9.17) is 16.3 Å². The largest absolute Gasteiger partial charge is 0.495 e. The van der Waals surface area contributed by atoms with Gasteiger partial charge in [0.25, 0.3) is 0 Å². The number of carbonyl (C=O) groups is 2. The summed E-state index contributed by atoms with van der Waals surface area (Å²) in [6.45, 7) is 1.46. The zero-order chi connectivity index (χ0) is 21.5. The van der Waals surface area contributed by atoms with Crippen molar-refractivity contribution in [2.75, 3.05) is 17.7 Å². The first-order chi connectivity index (χ1) is 14.5. The Morgan fingerprint density at radius 2 is 1.60 bits per heavy atom. The van der Waals surface area contributed by atoms with E-state index >= 15 is 0 Å². The zero-order valence-electron chi connectivity index (χ0n) is 16.5. The van der Waals surface area contributed by atoms with Crippen molar-refractivity contribution < 1.29 is 14.3 Å². The fourth-order valence-corrected chi connectivity index (χ4v) is 4.09. The molecule has 0 bridgehead atoms. The Bertz CT molecular complexity index is 1030. The minimum absolute atomic E-state index is 0.130. The highest BCUT2D eigenvalue weighted by atomic mass is 35.5. The van der Waals surface area contributed by atoms with Gasteiger partial charge in [0.1, 0.15) is 11.0 Å². The second-order valence-electron chi connectivity index (χ2n) is 6.45. The monoisotopic (exact) mass is 440 g/mol. The summed E-state index contributed by atoms with van der Waals surface area (Å²) in [5, 5.41) is 5.62. The van der Waals surface area contributed by atoms with Crippen molar-refractivity contribution >= 4 is 46.6 Å². The van der Waals surface area contributed by atoms with Crippen LogP contribution in [0, 0.1) is 0 Å². The lowest BCUT2D eigenvalue weighted by Gasteiger charge is -2.18. The van der Waals surface area contributed by atoms with Crippen molar-refractivity contribution in [3.05, 3.63) is 83.4 Å². The van der Waals surface area contributed by atoms with Crippen LogP contribution in [-0.4, -0.2) is 18.9 Å². The van der Waals surface area contributed by atoms with E-state index < -0.39 is 5.25 Å². The minimum atomic E-state index is -0.473. The maximum atomic E-state index is 13.1. The summed E-state index contributed by atoms with van der Waals surface area (Å²) in [7, 11) is 1.54. The molecular formula is C23H21ClN2O3S. The molecule has 3 rings (SSSR count). The maximum absolute atomic E-state index is 13.1. The lowest BCUT2D eigenvalue weighted by atomic mass is 10.1. The van der Waals surface area contributed by atoms with Crippen LogP contribution in [-0.2, 0) is 9.59 Å². The van der Waals surface area contributed by atoms with Gasteiger partial charge in [0.05, 0.1) is 12.1 Å². The van der Waals surface area contributed by atoms with Crippen molar-refractivity contribution in [1.82, 2.24) is 0 Å². The predicted molar refractivity (Wildman–Crippen MR) is 122 cm³/mol. The SMILES string of the molecule is COc1ccc(NC(=O)[C@H](Sc2ccc(NC(C)=O)cc2)c2ccccc2)cc1Cl. The molecule has 0 saturated carbocycles. The summed E-state index contributed by atoms with van der Waals surface area (Å²) < 4.78 is 5.16. The molecule has 7 heteroatoms. The number of rotatable bonds is 7. The van der Waals surface area contributed by atoms with Crippen LogP contribution in [0.3, 0.4) is 0 Å². The number of anilines is 2. The third kappa shape index (κ3) is 5.78. The van der Waals surface area contributed by atoms with Crippen LogP contribution in [0.1, 0.15) is 17.7 Å². The molecule has 30 heavy (non-hydrogen) atoms. The first kappa shape index (κ1) is 21.7. The molecule has 0 heterocycles. The Kier molecular flexibility index (Phi) is 7.38. The molecule has 0 aromatic heterocycles. The highest BCUT2D eigenvalue weighted by Crippen LogP contribution is 2.37. The molecule has 2 amide bonds. The number of amides is 2. The van der Waals surface area contributed by atoms with Crippen LogP contribution in [0.4, 0.5) is 11.4 Å². The van der Waals surface area contributed by atoms with Crippen molar-refractivity contribution in [3.63, 3.8) is 0 Å². The van der Waals surface area contributed by atoms with Crippen LogP contribution >= 0.6 is 23.4 Å². The smallest absolute Gasteiger partial charge is 0.242 e. The molecule has 0 spiro atoms. The van der Waals surface area contributed by atoms with E-state index in [2.05, 4.69) is 10.6 Å². The molecule has 0 unspecified atom stereocenters. The quantitative estimate of drug-likeness (QED) is 0.457. The van der Waals surface area contributed by atoms with Crippen LogP contribution < -0.4 is 15.4 Å². The fourth-order valence-electron chi connectivity index (χ4n) is 2.81. The maximum Gasteiger partial charge on any atom is 0.242 e. The Labute approximate surface area is 184 Å². The molecule has 1 atom stereocenters. The van der Waals surface area contributed by atoms with Crippen LogP contribution in [0.15, 0.2) is 77.7 Å². The molecular weight excluding hydrogens is 420 g/mol. The molecule has 154 valence electrons. The number of nitrogens with one attached hydrogen (secondary N) is 2. The average Bonchev–Trinajstić information content (AvgIpc) is 2.73. The average molecular weight is 441 g/mol. The number of ether oxygens (including phenoxy) is 1. The molecule has 0 aliphatic carbocycles. The van der Waals surface area contributed by atoms with E-state index in [1.165, 1.54) is 18.7 Å². The fraction of sp³-hybridized carbons (Fsp3) is 0.130. The number of methoxy groups -OCH3 is 1. The van der Waals surface area contributed by atoms with E-state index in [0.717, 1.165) is 10.5 Å². The molecule has 3 aromatic rings. The molecule has 0 radical (unpaired) electrons. The van der Waals surface area contributed by atoms with Gasteiger partial charge in [-0.1, -0.05) is 41.9 Å². The first-order valence-corrected chi connectivity index (χ1v) is 10.5. The van der Waals surface area contributed by atoms with Gasteiger partial charge in [-0.25, -0.2) is 0 Å². The number of carbonyl (C=O) groups excluding carboxylic acids is 2. The summed E-state index contributed by atoms with van der Waals surface area (Å²) in [5.74, 6) is 0.247. The van der Waals surface area contributed by atoms with E-state index in [9.17, 15) is 9.59 Å². The van der Waals surface area contributed by atoms with Crippen molar-refractivity contribution in [2.24, 2.45) is 0 Å². The molecule has 0 aliphatic rings. The highest BCUT2D eigenvalue weighted by molar-refractivity contribution is 8.00. The summed E-state index contributed by atoms with van der Waals surface area (Å²) in [5.41, 5.74) is 2.18. The summed E-state index contributed by atoms with van der Waals surface area (Å²) in [4.78, 5) is 25.2. The molecule has 0 aliphatic heterocycles. The topological polar surface area (TPSA) is 67.4 Å². The summed E-state index contributed by atoms with van der Waals surface area (Å²) >= 11 is 7.60. The van der Waals surface area contributed by atoms with Crippen molar-refractivity contribution in [3.8, 4) is 5.75 Å². The standard InChI is InChI=1S/C23H21ClN2O3S/c1-15(27)25-17-8-11-19(12-9-17)30-22(16-6-4-3-5-7-16)23(28)26-18-10-13-21(29-2)20(24)14-18/h3-14,22H,1-2H3,(H,25,27)(H,26,28)/t22-/m1/s1. The van der Waals surface area contributed by atoms with E-state index in [0.29, 0.717) is 22.1 Å². The Hall–Kier alpha value is -2.96.